The molecule has 112 valence electrons. The number of rotatable bonds is 5. The molecule has 22 heavy (non-hydrogen) atoms. The summed E-state index contributed by atoms with van der Waals surface area (Å²) in [5.74, 6) is 0. The van der Waals surface area contributed by atoms with Gasteiger partial charge in [0, 0.05) is 33.3 Å². The van der Waals surface area contributed by atoms with Gasteiger partial charge >= 0.3 is 0 Å². The van der Waals surface area contributed by atoms with E-state index >= 15 is 0 Å². The van der Waals surface area contributed by atoms with Gasteiger partial charge in [0.25, 0.3) is 0 Å². The minimum atomic E-state index is -1.01. The number of nitrogens with zero attached hydrogens (tertiary/aromatic N) is 3. The summed E-state index contributed by atoms with van der Waals surface area (Å²) in [6, 6.07) is 13.6. The van der Waals surface area contributed by atoms with Crippen molar-refractivity contribution >= 4 is 21.8 Å². The van der Waals surface area contributed by atoms with Crippen molar-refractivity contribution in [3.63, 3.8) is 0 Å². The van der Waals surface area contributed by atoms with E-state index in [4.69, 9.17) is 5.53 Å². The zero-order valence-corrected chi connectivity index (χ0v) is 11.8. The minimum Gasteiger partial charge on any atom is -0.390 e. The zero-order valence-electron chi connectivity index (χ0n) is 11.8. The van der Waals surface area contributed by atoms with Crippen LogP contribution in [0.5, 0.6) is 0 Å². The molecule has 0 aliphatic rings. The van der Waals surface area contributed by atoms with E-state index in [2.05, 4.69) is 15.0 Å². The lowest BCUT2D eigenvalue weighted by Gasteiger charge is -2.17. The van der Waals surface area contributed by atoms with E-state index in [0.717, 1.165) is 21.8 Å². The van der Waals surface area contributed by atoms with Gasteiger partial charge in [-0.2, -0.15) is 0 Å². The summed E-state index contributed by atoms with van der Waals surface area (Å²) < 4.78 is 0. The van der Waals surface area contributed by atoms with Crippen molar-refractivity contribution in [1.82, 2.24) is 4.98 Å². The average Bonchev–Trinajstić information content (AvgIpc) is 2.91. The van der Waals surface area contributed by atoms with Crippen LogP contribution in [0.1, 0.15) is 18.1 Å². The molecule has 0 aliphatic heterocycles. The fourth-order valence-corrected chi connectivity index (χ4v) is 2.67. The Kier molecular flexibility index (Phi) is 3.98. The third-order valence-corrected chi connectivity index (χ3v) is 3.82. The first-order chi connectivity index (χ1) is 10.7. The van der Waals surface area contributed by atoms with Crippen LogP contribution in [0.2, 0.25) is 0 Å². The summed E-state index contributed by atoms with van der Waals surface area (Å²) >= 11 is 0. The van der Waals surface area contributed by atoms with Crippen LogP contribution in [0.15, 0.2) is 47.6 Å². The van der Waals surface area contributed by atoms with Crippen molar-refractivity contribution in [3.8, 4) is 0 Å². The van der Waals surface area contributed by atoms with Gasteiger partial charge in [0.05, 0.1) is 6.10 Å². The Morgan fingerprint density at radius 1 is 1.09 bits per heavy atom. The van der Waals surface area contributed by atoms with Crippen LogP contribution in [0.4, 0.5) is 0 Å². The Morgan fingerprint density at radius 2 is 1.86 bits per heavy atom. The number of para-hydroxylation sites is 1. The number of aliphatic hydroxyl groups is 2. The normalized spacial score (nSPS) is 13.9. The van der Waals surface area contributed by atoms with E-state index < -0.39 is 12.2 Å². The lowest BCUT2D eigenvalue weighted by atomic mass is 10.0. The zero-order chi connectivity index (χ0) is 15.5. The highest BCUT2D eigenvalue weighted by Gasteiger charge is 2.18. The summed E-state index contributed by atoms with van der Waals surface area (Å²) in [5.41, 5.74) is 10.8. The van der Waals surface area contributed by atoms with Crippen LogP contribution in [-0.4, -0.2) is 27.8 Å². The SMILES string of the molecule is [N-]=[N+]=NCCC(O)C(O)c1ccc2c(c1)[nH]c1ccccc12. The number of fused-ring (bicyclic) bond motifs is 3. The van der Waals surface area contributed by atoms with Crippen LogP contribution in [0, 0.1) is 0 Å². The second-order valence-corrected chi connectivity index (χ2v) is 5.23. The highest BCUT2D eigenvalue weighted by Crippen LogP contribution is 2.28. The number of hydrogen-bond acceptors (Lipinski definition) is 3. The number of hydrogen-bond donors (Lipinski definition) is 3. The molecule has 6 nitrogen and oxygen atoms in total. The van der Waals surface area contributed by atoms with Crippen molar-refractivity contribution in [2.24, 2.45) is 5.11 Å². The minimum absolute atomic E-state index is 0.156. The van der Waals surface area contributed by atoms with Crippen LogP contribution < -0.4 is 0 Å². The quantitative estimate of drug-likeness (QED) is 0.381. The molecule has 0 radical (unpaired) electrons. The molecule has 2 atom stereocenters. The molecule has 0 saturated heterocycles. The van der Waals surface area contributed by atoms with Gasteiger partial charge in [-0.25, -0.2) is 0 Å². The molecule has 1 heterocycles. The average molecular weight is 296 g/mol. The van der Waals surface area contributed by atoms with Crippen molar-refractivity contribution in [3.05, 3.63) is 58.5 Å². The number of nitrogens with one attached hydrogen (secondary N) is 1. The molecule has 2 unspecified atom stereocenters. The largest absolute Gasteiger partial charge is 0.390 e. The van der Waals surface area contributed by atoms with Crippen LogP contribution in [-0.2, 0) is 0 Å². The number of benzene rings is 2. The van der Waals surface area contributed by atoms with Gasteiger partial charge in [0.1, 0.15) is 6.10 Å². The van der Waals surface area contributed by atoms with E-state index in [0.29, 0.717) is 5.56 Å². The van der Waals surface area contributed by atoms with Crippen LogP contribution in [0.3, 0.4) is 0 Å². The van der Waals surface area contributed by atoms with Gasteiger partial charge in [-0.15, -0.1) is 0 Å². The van der Waals surface area contributed by atoms with Crippen LogP contribution >= 0.6 is 0 Å². The van der Waals surface area contributed by atoms with Gasteiger partial charge in [0.2, 0.25) is 0 Å². The van der Waals surface area contributed by atoms with Crippen LogP contribution in [0.25, 0.3) is 32.2 Å². The molecular weight excluding hydrogens is 280 g/mol. The Bertz CT molecular complexity index is 852. The van der Waals surface area contributed by atoms with E-state index in [1.54, 1.807) is 0 Å². The molecule has 3 aromatic rings. The maximum absolute atomic E-state index is 10.2. The topological polar surface area (TPSA) is 105 Å². The molecule has 0 amide bonds. The summed E-state index contributed by atoms with van der Waals surface area (Å²) in [6.45, 7) is 0.156. The van der Waals surface area contributed by atoms with Gasteiger partial charge in [-0.1, -0.05) is 35.4 Å². The first kappa shape index (κ1) is 14.4. The number of aromatic amines is 1. The smallest absolute Gasteiger partial charge is 0.105 e. The number of azide groups is 1. The van der Waals surface area contributed by atoms with Gasteiger partial charge in [-0.05, 0) is 29.6 Å². The maximum atomic E-state index is 10.2. The lowest BCUT2D eigenvalue weighted by molar-refractivity contribution is 0.0151. The van der Waals surface area contributed by atoms with Gasteiger partial charge in [-0.3, -0.25) is 0 Å². The summed E-state index contributed by atoms with van der Waals surface area (Å²) in [5, 5.41) is 25.8. The van der Waals surface area contributed by atoms with E-state index in [1.807, 2.05) is 42.5 Å². The standard InChI is InChI=1S/C16H16N4O2/c17-20-18-8-7-15(21)16(22)10-5-6-12-11-3-1-2-4-13(11)19-14(12)9-10/h1-6,9,15-16,19,21-22H,7-8H2. The molecule has 2 aromatic carbocycles. The molecule has 0 aliphatic carbocycles. The number of aliphatic hydroxyl groups excluding tert-OH is 2. The molecule has 3 rings (SSSR count). The molecule has 0 spiro atoms. The molecule has 0 bridgehead atoms. The molecule has 1 aromatic heterocycles. The fourth-order valence-electron chi connectivity index (χ4n) is 2.67. The second kappa shape index (κ2) is 6.07. The van der Waals surface area contributed by atoms with Crippen molar-refractivity contribution in [1.29, 1.82) is 0 Å². The first-order valence-corrected chi connectivity index (χ1v) is 7.08. The predicted octanol–water partition coefficient (Wildman–Crippen LogP) is 3.42. The van der Waals surface area contributed by atoms with Crippen molar-refractivity contribution in [2.45, 2.75) is 18.6 Å². The summed E-state index contributed by atoms with van der Waals surface area (Å²) in [4.78, 5) is 5.94. The molecule has 0 fully saturated rings. The molecule has 0 saturated carbocycles. The number of aromatic nitrogens is 1. The molecular formula is C16H16N4O2. The number of H-pyrrole nitrogens is 1. The lowest BCUT2D eigenvalue weighted by Crippen LogP contribution is -2.19. The van der Waals surface area contributed by atoms with Crippen molar-refractivity contribution in [2.75, 3.05) is 6.54 Å². The second-order valence-electron chi connectivity index (χ2n) is 5.23. The third kappa shape index (κ3) is 2.63. The Morgan fingerprint density at radius 3 is 2.68 bits per heavy atom. The van der Waals surface area contributed by atoms with E-state index in [1.165, 1.54) is 0 Å². The summed E-state index contributed by atoms with van der Waals surface area (Å²) in [6.07, 6.45) is -1.76. The first-order valence-electron chi connectivity index (χ1n) is 7.08. The van der Waals surface area contributed by atoms with Gasteiger partial charge in [0.15, 0.2) is 0 Å². The maximum Gasteiger partial charge on any atom is 0.105 e. The van der Waals surface area contributed by atoms with E-state index in [9.17, 15) is 10.2 Å². The van der Waals surface area contributed by atoms with Gasteiger partial charge < -0.3 is 15.2 Å². The van der Waals surface area contributed by atoms with Crippen molar-refractivity contribution < 1.29 is 10.2 Å². The van der Waals surface area contributed by atoms with E-state index in [-0.39, 0.29) is 13.0 Å². The highest BCUT2D eigenvalue weighted by atomic mass is 16.3. The molecule has 3 N–H and O–H groups in total. The fraction of sp³-hybridized carbons (Fsp3) is 0.250. The third-order valence-electron chi connectivity index (χ3n) is 3.82. The highest BCUT2D eigenvalue weighted by molar-refractivity contribution is 6.07. The Labute approximate surface area is 126 Å². The Hall–Kier alpha value is -2.53. The molecule has 6 heteroatoms. The summed E-state index contributed by atoms with van der Waals surface area (Å²) in [7, 11) is 0. The predicted molar refractivity (Wildman–Crippen MR) is 85.4 cm³/mol. The monoisotopic (exact) mass is 296 g/mol. The Balaban J connectivity index is 1.91.